The minimum atomic E-state index is -0.306. The van der Waals surface area contributed by atoms with E-state index in [0.29, 0.717) is 22.2 Å². The number of nitrogens with one attached hydrogen (secondary N) is 1. The molecule has 1 heterocycles. The number of halogens is 2. The third-order valence-corrected chi connectivity index (χ3v) is 6.82. The summed E-state index contributed by atoms with van der Waals surface area (Å²) in [4.78, 5) is 28.4. The number of nitrogens with zero attached hydrogens (tertiary/aromatic N) is 1. The third kappa shape index (κ3) is 4.64. The number of hydrogen-bond acceptors (Lipinski definition) is 3. The Balaban J connectivity index is 1.57. The van der Waals surface area contributed by atoms with E-state index in [1.54, 1.807) is 34.9 Å². The Hall–Kier alpha value is -2.47. The van der Waals surface area contributed by atoms with E-state index in [0.717, 1.165) is 16.1 Å². The quantitative estimate of drug-likeness (QED) is 0.507. The molecule has 0 spiro atoms. The van der Waals surface area contributed by atoms with E-state index in [1.807, 2.05) is 54.6 Å². The second-order valence-electron chi connectivity index (χ2n) is 6.85. The molecule has 4 nitrogen and oxygen atoms in total. The van der Waals surface area contributed by atoms with Crippen LogP contribution in [0, 0.1) is 0 Å². The van der Waals surface area contributed by atoms with E-state index < -0.39 is 0 Å². The minimum Gasteiger partial charge on any atom is -0.324 e. The van der Waals surface area contributed by atoms with E-state index in [1.165, 1.54) is 0 Å². The van der Waals surface area contributed by atoms with Crippen molar-refractivity contribution >= 4 is 58.2 Å². The van der Waals surface area contributed by atoms with Crippen LogP contribution in [0.15, 0.2) is 77.7 Å². The Morgan fingerprint density at radius 2 is 1.73 bits per heavy atom. The molecule has 3 aromatic rings. The molecule has 1 aliphatic rings. The van der Waals surface area contributed by atoms with Gasteiger partial charge in [0.1, 0.15) is 6.54 Å². The van der Waals surface area contributed by atoms with Gasteiger partial charge in [0.15, 0.2) is 0 Å². The maximum Gasteiger partial charge on any atom is 0.244 e. The molecule has 0 aromatic heterocycles. The number of hydrogen-bond donors (Lipinski definition) is 1. The number of fused-ring (bicyclic) bond motifs is 1. The molecule has 30 heavy (non-hydrogen) atoms. The average Bonchev–Trinajstić information content (AvgIpc) is 2.88. The molecule has 4 rings (SSSR count). The summed E-state index contributed by atoms with van der Waals surface area (Å²) < 4.78 is 0. The van der Waals surface area contributed by atoms with E-state index in [2.05, 4.69) is 5.32 Å². The van der Waals surface area contributed by atoms with Crippen molar-refractivity contribution < 1.29 is 9.59 Å². The molecule has 0 bridgehead atoms. The third-order valence-electron chi connectivity index (χ3n) is 4.76. The zero-order valence-corrected chi connectivity index (χ0v) is 18.2. The number of thioether (sulfide) groups is 1. The smallest absolute Gasteiger partial charge is 0.244 e. The Bertz CT molecular complexity index is 1090. The fourth-order valence-electron chi connectivity index (χ4n) is 3.32. The van der Waals surface area contributed by atoms with Crippen LogP contribution < -0.4 is 10.2 Å². The van der Waals surface area contributed by atoms with Crippen LogP contribution in [0.4, 0.5) is 11.4 Å². The van der Waals surface area contributed by atoms with Gasteiger partial charge in [-0.25, -0.2) is 0 Å². The largest absolute Gasteiger partial charge is 0.324 e. The number of carbonyl (C=O) groups excluding carboxylic acids is 2. The van der Waals surface area contributed by atoms with Crippen LogP contribution in [0.1, 0.15) is 17.2 Å². The SMILES string of the molecule is O=C(CN1C(=O)C[C@H](c2ccccc2)Sc2ccccc21)Nc1ccc(Cl)c(Cl)c1. The van der Waals surface area contributed by atoms with E-state index in [9.17, 15) is 9.59 Å². The minimum absolute atomic E-state index is 0.0111. The van der Waals surface area contributed by atoms with Gasteiger partial charge in [0.05, 0.1) is 15.7 Å². The topological polar surface area (TPSA) is 49.4 Å². The standard InChI is InChI=1S/C23H18Cl2N2O2S/c24-17-11-10-16(12-18(17)25)26-22(28)14-27-19-8-4-5-9-20(19)30-21(13-23(27)29)15-6-2-1-3-7-15/h1-12,21H,13-14H2,(H,26,28)/t21-/m1/s1. The number of anilines is 2. The van der Waals surface area contributed by atoms with Gasteiger partial charge in [0.2, 0.25) is 11.8 Å². The molecule has 0 aliphatic carbocycles. The van der Waals surface area contributed by atoms with Gasteiger partial charge in [0.25, 0.3) is 0 Å². The van der Waals surface area contributed by atoms with Gasteiger partial charge < -0.3 is 10.2 Å². The molecular formula is C23H18Cl2N2O2S. The molecule has 0 fully saturated rings. The first kappa shape index (κ1) is 20.8. The Labute approximate surface area is 189 Å². The van der Waals surface area contributed by atoms with Crippen LogP contribution in [0.25, 0.3) is 0 Å². The van der Waals surface area contributed by atoms with Gasteiger partial charge in [0, 0.05) is 22.3 Å². The molecule has 152 valence electrons. The summed E-state index contributed by atoms with van der Waals surface area (Å²) in [7, 11) is 0. The van der Waals surface area contributed by atoms with E-state index in [-0.39, 0.29) is 23.6 Å². The maximum absolute atomic E-state index is 13.1. The highest BCUT2D eigenvalue weighted by molar-refractivity contribution is 7.99. The van der Waals surface area contributed by atoms with Crippen molar-refractivity contribution in [3.63, 3.8) is 0 Å². The second kappa shape index (κ2) is 9.13. The summed E-state index contributed by atoms with van der Waals surface area (Å²) in [5.41, 5.74) is 2.37. The zero-order valence-electron chi connectivity index (χ0n) is 15.8. The van der Waals surface area contributed by atoms with Crippen LogP contribution in [0.5, 0.6) is 0 Å². The van der Waals surface area contributed by atoms with Gasteiger partial charge in [-0.3, -0.25) is 9.59 Å². The molecule has 0 saturated heterocycles. The van der Waals surface area contributed by atoms with Crippen LogP contribution in [-0.4, -0.2) is 18.4 Å². The van der Waals surface area contributed by atoms with E-state index >= 15 is 0 Å². The number of carbonyl (C=O) groups is 2. The molecule has 7 heteroatoms. The van der Waals surface area contributed by atoms with Gasteiger partial charge in [-0.05, 0) is 35.9 Å². The Morgan fingerprint density at radius 1 is 1.00 bits per heavy atom. The molecule has 1 atom stereocenters. The van der Waals surface area contributed by atoms with Crippen molar-refractivity contribution in [2.45, 2.75) is 16.6 Å². The van der Waals surface area contributed by atoms with Crippen molar-refractivity contribution in [3.8, 4) is 0 Å². The lowest BCUT2D eigenvalue weighted by Crippen LogP contribution is -2.38. The summed E-state index contributed by atoms with van der Waals surface area (Å²) in [5.74, 6) is -0.398. The van der Waals surface area contributed by atoms with Crippen molar-refractivity contribution in [1.82, 2.24) is 0 Å². The van der Waals surface area contributed by atoms with Crippen molar-refractivity contribution in [3.05, 3.63) is 88.4 Å². The lowest BCUT2D eigenvalue weighted by molar-refractivity contribution is -0.121. The van der Waals surface area contributed by atoms with Crippen LogP contribution in [0.2, 0.25) is 10.0 Å². The van der Waals surface area contributed by atoms with E-state index in [4.69, 9.17) is 23.2 Å². The highest BCUT2D eigenvalue weighted by Gasteiger charge is 2.30. The Morgan fingerprint density at radius 3 is 2.50 bits per heavy atom. The highest BCUT2D eigenvalue weighted by atomic mass is 35.5. The van der Waals surface area contributed by atoms with Gasteiger partial charge >= 0.3 is 0 Å². The number of amides is 2. The lowest BCUT2D eigenvalue weighted by Gasteiger charge is -2.22. The predicted octanol–water partition coefficient (Wildman–Crippen LogP) is 6.20. The molecular weight excluding hydrogens is 439 g/mol. The first-order chi connectivity index (χ1) is 14.5. The molecule has 0 radical (unpaired) electrons. The summed E-state index contributed by atoms with van der Waals surface area (Å²) >= 11 is 13.6. The molecule has 3 aromatic carbocycles. The van der Waals surface area contributed by atoms with Crippen molar-refractivity contribution in [2.24, 2.45) is 0 Å². The van der Waals surface area contributed by atoms with Gasteiger partial charge in [-0.2, -0.15) is 0 Å². The molecule has 1 aliphatic heterocycles. The number of para-hydroxylation sites is 1. The fourth-order valence-corrected chi connectivity index (χ4v) is 4.90. The fraction of sp³-hybridized carbons (Fsp3) is 0.130. The lowest BCUT2D eigenvalue weighted by atomic mass is 10.1. The predicted molar refractivity (Wildman–Crippen MR) is 124 cm³/mol. The zero-order chi connectivity index (χ0) is 21.1. The Kier molecular flexibility index (Phi) is 6.32. The highest BCUT2D eigenvalue weighted by Crippen LogP contribution is 2.45. The van der Waals surface area contributed by atoms with Crippen molar-refractivity contribution in [2.75, 3.05) is 16.8 Å². The molecule has 2 amide bonds. The first-order valence-electron chi connectivity index (χ1n) is 9.37. The van der Waals surface area contributed by atoms with Gasteiger partial charge in [-0.15, -0.1) is 11.8 Å². The number of benzene rings is 3. The van der Waals surface area contributed by atoms with Crippen LogP contribution in [-0.2, 0) is 9.59 Å². The number of rotatable bonds is 4. The normalized spacial score (nSPS) is 16.0. The van der Waals surface area contributed by atoms with Crippen molar-refractivity contribution in [1.29, 1.82) is 0 Å². The summed E-state index contributed by atoms with van der Waals surface area (Å²) in [6, 6.07) is 22.5. The second-order valence-corrected chi connectivity index (χ2v) is 8.90. The molecule has 0 saturated carbocycles. The maximum atomic E-state index is 13.1. The average molecular weight is 457 g/mol. The first-order valence-corrected chi connectivity index (χ1v) is 11.0. The summed E-state index contributed by atoms with van der Waals surface area (Å²) in [6.07, 6.45) is 0.309. The van der Waals surface area contributed by atoms with Gasteiger partial charge in [-0.1, -0.05) is 65.7 Å². The summed E-state index contributed by atoms with van der Waals surface area (Å²) in [5, 5.41) is 3.54. The molecule has 0 unspecified atom stereocenters. The monoisotopic (exact) mass is 456 g/mol. The van der Waals surface area contributed by atoms with Crippen LogP contribution >= 0.6 is 35.0 Å². The van der Waals surface area contributed by atoms with Crippen LogP contribution in [0.3, 0.4) is 0 Å². The molecule has 1 N–H and O–H groups in total. The summed E-state index contributed by atoms with van der Waals surface area (Å²) in [6.45, 7) is -0.0852.